The summed E-state index contributed by atoms with van der Waals surface area (Å²) in [5, 5.41) is 12.6. The molecule has 3 rings (SSSR count). The molecule has 4 nitrogen and oxygen atoms in total. The zero-order valence-corrected chi connectivity index (χ0v) is 15.0. The summed E-state index contributed by atoms with van der Waals surface area (Å²) < 4.78 is 0. The highest BCUT2D eigenvalue weighted by atomic mass is 32.1. The predicted molar refractivity (Wildman–Crippen MR) is 102 cm³/mol. The van der Waals surface area contributed by atoms with Gasteiger partial charge in [-0.1, -0.05) is 56.3 Å². The highest BCUT2D eigenvalue weighted by molar-refractivity contribution is 7.84. The van der Waals surface area contributed by atoms with Crippen LogP contribution in [0.4, 0.5) is 5.69 Å². The fourth-order valence-corrected chi connectivity index (χ4v) is 3.25. The zero-order chi connectivity index (χ0) is 18.0. The number of carbonyl (C=O) groups is 1. The van der Waals surface area contributed by atoms with Crippen LogP contribution < -0.4 is 10.2 Å². The van der Waals surface area contributed by atoms with Crippen LogP contribution >= 0.6 is 12.6 Å². The van der Waals surface area contributed by atoms with Gasteiger partial charge in [-0.3, -0.25) is 4.79 Å². The van der Waals surface area contributed by atoms with E-state index in [0.717, 1.165) is 11.3 Å². The Balaban J connectivity index is 2.11. The van der Waals surface area contributed by atoms with E-state index in [1.165, 1.54) is 5.56 Å². The van der Waals surface area contributed by atoms with Crippen molar-refractivity contribution < 1.29 is 4.79 Å². The second-order valence-corrected chi connectivity index (χ2v) is 6.64. The van der Waals surface area contributed by atoms with Crippen LogP contribution in [-0.4, -0.2) is 5.91 Å². The van der Waals surface area contributed by atoms with Gasteiger partial charge in [0.15, 0.2) is 0 Å². The van der Waals surface area contributed by atoms with Crippen LogP contribution in [0.5, 0.6) is 0 Å². The van der Waals surface area contributed by atoms with Crippen molar-refractivity contribution in [2.45, 2.75) is 25.9 Å². The summed E-state index contributed by atoms with van der Waals surface area (Å²) in [5.41, 5.74) is 3.04. The van der Waals surface area contributed by atoms with E-state index in [-0.39, 0.29) is 5.57 Å². The minimum atomic E-state index is -0.414. The second kappa shape index (κ2) is 7.04. The summed E-state index contributed by atoms with van der Waals surface area (Å²) in [6.45, 7) is 4.28. The fraction of sp³-hybridized carbons (Fsp3) is 0.200. The van der Waals surface area contributed by atoms with E-state index >= 15 is 0 Å². The Kier molecular flexibility index (Phi) is 4.82. The van der Waals surface area contributed by atoms with Gasteiger partial charge in [0.05, 0.1) is 5.03 Å². The molecule has 1 N–H and O–H groups in total. The average molecular weight is 349 g/mol. The largest absolute Gasteiger partial charge is 0.327 e. The standard InChI is InChI=1S/C20H19N3OS/c1-13(2)14-8-10-16(11-9-14)23-18(15-6-4-3-5-7-15)22-19(24)17(12-21)20(23)25/h3-11,13,18,25H,1-2H3,(H,22,24). The molecule has 0 saturated carbocycles. The van der Waals surface area contributed by atoms with Crippen LogP contribution in [0.1, 0.15) is 37.1 Å². The van der Waals surface area contributed by atoms with Gasteiger partial charge in [-0.25, -0.2) is 0 Å². The number of hydrogen-bond donors (Lipinski definition) is 2. The number of nitrogens with zero attached hydrogens (tertiary/aromatic N) is 2. The van der Waals surface area contributed by atoms with E-state index in [4.69, 9.17) is 0 Å². The first-order valence-electron chi connectivity index (χ1n) is 8.11. The quantitative estimate of drug-likeness (QED) is 0.820. The van der Waals surface area contributed by atoms with E-state index < -0.39 is 12.1 Å². The summed E-state index contributed by atoms with van der Waals surface area (Å²) in [6.07, 6.45) is -0.414. The molecule has 1 unspecified atom stereocenters. The van der Waals surface area contributed by atoms with Gasteiger partial charge in [-0.05, 0) is 29.2 Å². The number of benzene rings is 2. The Morgan fingerprint density at radius 1 is 1.12 bits per heavy atom. The first-order chi connectivity index (χ1) is 12.0. The minimum absolute atomic E-state index is 0.0171. The normalized spacial score (nSPS) is 17.5. The van der Waals surface area contributed by atoms with Gasteiger partial charge in [0.25, 0.3) is 5.91 Å². The lowest BCUT2D eigenvalue weighted by Gasteiger charge is -2.38. The maximum absolute atomic E-state index is 12.3. The highest BCUT2D eigenvalue weighted by Gasteiger charge is 2.33. The van der Waals surface area contributed by atoms with Crippen molar-refractivity contribution >= 4 is 24.2 Å². The lowest BCUT2D eigenvalue weighted by Crippen LogP contribution is -2.46. The first-order valence-corrected chi connectivity index (χ1v) is 8.56. The van der Waals surface area contributed by atoms with Gasteiger partial charge in [-0.15, -0.1) is 12.6 Å². The highest BCUT2D eigenvalue weighted by Crippen LogP contribution is 2.36. The lowest BCUT2D eigenvalue weighted by molar-refractivity contribution is -0.118. The number of nitrogens with one attached hydrogen (secondary N) is 1. The zero-order valence-electron chi connectivity index (χ0n) is 14.1. The van der Waals surface area contributed by atoms with Crippen LogP contribution in [0.2, 0.25) is 0 Å². The third-order valence-corrected chi connectivity index (χ3v) is 4.71. The van der Waals surface area contributed by atoms with Crippen molar-refractivity contribution in [3.05, 3.63) is 76.3 Å². The summed E-state index contributed by atoms with van der Waals surface area (Å²) in [7, 11) is 0. The molecule has 2 aromatic rings. The molecule has 0 saturated heterocycles. The van der Waals surface area contributed by atoms with Crippen molar-refractivity contribution in [2.24, 2.45) is 0 Å². The smallest absolute Gasteiger partial charge is 0.266 e. The Bertz CT molecular complexity index is 851. The van der Waals surface area contributed by atoms with Crippen molar-refractivity contribution in [1.82, 2.24) is 5.32 Å². The SMILES string of the molecule is CC(C)c1ccc(N2C(S)=C(C#N)C(=O)NC2c2ccccc2)cc1. The second-order valence-electron chi connectivity index (χ2n) is 6.21. The number of nitriles is 1. The van der Waals surface area contributed by atoms with E-state index in [0.29, 0.717) is 10.9 Å². The number of anilines is 1. The van der Waals surface area contributed by atoms with E-state index in [1.807, 2.05) is 53.4 Å². The van der Waals surface area contributed by atoms with Crippen molar-refractivity contribution in [3.8, 4) is 6.07 Å². The van der Waals surface area contributed by atoms with E-state index in [2.05, 4.69) is 43.9 Å². The molecule has 1 heterocycles. The van der Waals surface area contributed by atoms with Crippen molar-refractivity contribution in [2.75, 3.05) is 4.90 Å². The molecule has 0 fully saturated rings. The Morgan fingerprint density at radius 3 is 2.32 bits per heavy atom. The van der Waals surface area contributed by atoms with Gasteiger partial charge in [0.1, 0.15) is 17.8 Å². The van der Waals surface area contributed by atoms with Crippen molar-refractivity contribution in [1.29, 1.82) is 5.26 Å². The Morgan fingerprint density at radius 2 is 1.76 bits per heavy atom. The van der Waals surface area contributed by atoms with Gasteiger partial charge in [-0.2, -0.15) is 5.26 Å². The molecule has 1 aliphatic rings. The summed E-state index contributed by atoms with van der Waals surface area (Å²) in [6, 6.07) is 19.7. The Hall–Kier alpha value is -2.71. The molecular weight excluding hydrogens is 330 g/mol. The van der Waals surface area contributed by atoms with Crippen LogP contribution in [0.25, 0.3) is 0 Å². The summed E-state index contributed by atoms with van der Waals surface area (Å²) >= 11 is 4.50. The maximum atomic E-state index is 12.3. The molecule has 2 aromatic carbocycles. The molecule has 1 atom stereocenters. The molecule has 5 heteroatoms. The monoisotopic (exact) mass is 349 g/mol. The van der Waals surface area contributed by atoms with E-state index in [9.17, 15) is 10.1 Å². The van der Waals surface area contributed by atoms with Crippen LogP contribution in [0, 0.1) is 11.3 Å². The lowest BCUT2D eigenvalue weighted by atomic mass is 10.0. The molecular formula is C20H19N3OS. The molecule has 0 aromatic heterocycles. The van der Waals surface area contributed by atoms with Gasteiger partial charge in [0.2, 0.25) is 0 Å². The maximum Gasteiger partial charge on any atom is 0.266 e. The summed E-state index contributed by atoms with van der Waals surface area (Å²) in [5.74, 6) is 0.0251. The van der Waals surface area contributed by atoms with Gasteiger partial charge < -0.3 is 10.2 Å². The van der Waals surface area contributed by atoms with Crippen LogP contribution in [-0.2, 0) is 4.79 Å². The predicted octanol–water partition coefficient (Wildman–Crippen LogP) is 4.11. The van der Waals surface area contributed by atoms with Crippen molar-refractivity contribution in [3.63, 3.8) is 0 Å². The number of hydrogen-bond acceptors (Lipinski definition) is 4. The number of amides is 1. The molecule has 0 radical (unpaired) electrons. The number of thiol groups is 1. The van der Waals surface area contributed by atoms with Gasteiger partial charge >= 0.3 is 0 Å². The van der Waals surface area contributed by atoms with Gasteiger partial charge in [0, 0.05) is 5.69 Å². The summed E-state index contributed by atoms with van der Waals surface area (Å²) in [4.78, 5) is 14.2. The minimum Gasteiger partial charge on any atom is -0.327 e. The average Bonchev–Trinajstić information content (AvgIpc) is 2.62. The molecule has 0 spiro atoms. The first kappa shape index (κ1) is 17.1. The van der Waals surface area contributed by atoms with Crippen LogP contribution in [0.3, 0.4) is 0 Å². The third-order valence-electron chi connectivity index (χ3n) is 4.27. The third kappa shape index (κ3) is 3.26. The molecule has 0 aliphatic carbocycles. The van der Waals surface area contributed by atoms with E-state index in [1.54, 1.807) is 0 Å². The Labute approximate surface area is 153 Å². The number of rotatable bonds is 3. The molecule has 0 bridgehead atoms. The molecule has 1 aliphatic heterocycles. The number of carbonyl (C=O) groups excluding carboxylic acids is 1. The topological polar surface area (TPSA) is 56.1 Å². The molecule has 126 valence electrons. The fourth-order valence-electron chi connectivity index (χ4n) is 2.86. The van der Waals surface area contributed by atoms with Crippen LogP contribution in [0.15, 0.2) is 65.2 Å². The molecule has 1 amide bonds. The molecule has 25 heavy (non-hydrogen) atoms.